The number of thioether (sulfide) groups is 1. The third-order valence-electron chi connectivity index (χ3n) is 4.28. The highest BCUT2D eigenvalue weighted by molar-refractivity contribution is 7.99. The van der Waals surface area contributed by atoms with Crippen LogP contribution in [0.25, 0.3) is 0 Å². The van der Waals surface area contributed by atoms with Crippen LogP contribution in [-0.4, -0.2) is 34.0 Å². The molecule has 2 N–H and O–H groups in total. The molecule has 0 radical (unpaired) electrons. The zero-order valence-corrected chi connectivity index (χ0v) is 12.5. The molecule has 1 saturated heterocycles. The van der Waals surface area contributed by atoms with E-state index in [9.17, 15) is 23.5 Å². The van der Waals surface area contributed by atoms with Crippen LogP contribution in [0, 0.1) is 17.6 Å². The molecular weight excluding hydrogens is 312 g/mol. The fourth-order valence-corrected chi connectivity index (χ4v) is 4.17. The molecule has 1 saturated carbocycles. The lowest BCUT2D eigenvalue weighted by atomic mass is 9.98. The Bertz CT molecular complexity index is 631. The third-order valence-corrected chi connectivity index (χ3v) is 5.47. The predicted molar refractivity (Wildman–Crippen MR) is 77.7 cm³/mol. The maximum absolute atomic E-state index is 13.7. The van der Waals surface area contributed by atoms with Gasteiger partial charge in [0.2, 0.25) is 5.91 Å². The molecule has 3 rings (SSSR count). The van der Waals surface area contributed by atoms with Gasteiger partial charge in [0.15, 0.2) is 0 Å². The molecule has 7 heteroatoms. The van der Waals surface area contributed by atoms with Gasteiger partial charge in [0.05, 0.1) is 0 Å². The molecule has 4 nitrogen and oxygen atoms in total. The number of aliphatic carboxylic acids is 1. The van der Waals surface area contributed by atoms with Crippen LogP contribution in [0.4, 0.5) is 8.78 Å². The van der Waals surface area contributed by atoms with E-state index in [1.807, 2.05) is 0 Å². The van der Waals surface area contributed by atoms with E-state index in [1.165, 1.54) is 17.8 Å². The van der Waals surface area contributed by atoms with E-state index in [4.69, 9.17) is 0 Å². The quantitative estimate of drug-likeness (QED) is 0.889. The SMILES string of the molecule is O=C(NC1(C(=O)O)CCSC1)C1CC1c1ccc(F)cc1F. The Labute approximate surface area is 130 Å². The molecule has 1 aromatic carbocycles. The summed E-state index contributed by atoms with van der Waals surface area (Å²) in [4.78, 5) is 23.7. The van der Waals surface area contributed by atoms with Gasteiger partial charge in [-0.25, -0.2) is 13.6 Å². The normalized spacial score (nSPS) is 30.1. The molecule has 1 aromatic rings. The van der Waals surface area contributed by atoms with Crippen molar-refractivity contribution in [3.8, 4) is 0 Å². The second-order valence-corrected chi connectivity index (χ2v) is 6.90. The first kappa shape index (κ1) is 15.3. The van der Waals surface area contributed by atoms with E-state index in [0.29, 0.717) is 29.9 Å². The van der Waals surface area contributed by atoms with E-state index in [1.54, 1.807) is 0 Å². The fraction of sp³-hybridized carbons (Fsp3) is 0.467. The summed E-state index contributed by atoms with van der Waals surface area (Å²) in [6.07, 6.45) is 0.845. The monoisotopic (exact) mass is 327 g/mol. The van der Waals surface area contributed by atoms with Crippen molar-refractivity contribution in [2.45, 2.75) is 24.3 Å². The molecule has 0 bridgehead atoms. The summed E-state index contributed by atoms with van der Waals surface area (Å²) in [6, 6.07) is 3.31. The Kier molecular flexibility index (Phi) is 3.84. The van der Waals surface area contributed by atoms with Gasteiger partial charge in [-0.15, -0.1) is 0 Å². The molecule has 2 fully saturated rings. The van der Waals surface area contributed by atoms with Gasteiger partial charge in [0, 0.05) is 17.7 Å². The van der Waals surface area contributed by atoms with E-state index < -0.39 is 29.1 Å². The Morgan fingerprint density at radius 2 is 2.14 bits per heavy atom. The Hall–Kier alpha value is -1.63. The number of carbonyl (C=O) groups is 2. The van der Waals surface area contributed by atoms with Crippen LogP contribution in [0.15, 0.2) is 18.2 Å². The van der Waals surface area contributed by atoms with E-state index >= 15 is 0 Å². The largest absolute Gasteiger partial charge is 0.479 e. The molecule has 2 aliphatic rings. The Balaban J connectivity index is 1.69. The summed E-state index contributed by atoms with van der Waals surface area (Å²) < 4.78 is 26.6. The summed E-state index contributed by atoms with van der Waals surface area (Å²) in [5.74, 6) is -2.43. The van der Waals surface area contributed by atoms with Gasteiger partial charge in [0.1, 0.15) is 17.2 Å². The van der Waals surface area contributed by atoms with E-state index in [0.717, 1.165) is 12.1 Å². The van der Waals surface area contributed by atoms with Crippen molar-refractivity contribution in [2.75, 3.05) is 11.5 Å². The van der Waals surface area contributed by atoms with Crippen LogP contribution in [0.1, 0.15) is 24.3 Å². The van der Waals surface area contributed by atoms with Crippen molar-refractivity contribution >= 4 is 23.6 Å². The first-order valence-electron chi connectivity index (χ1n) is 7.01. The molecule has 1 heterocycles. The van der Waals surface area contributed by atoms with Crippen LogP contribution in [0.5, 0.6) is 0 Å². The average Bonchev–Trinajstić information content (AvgIpc) is 3.10. The molecule has 118 valence electrons. The van der Waals surface area contributed by atoms with Crippen molar-refractivity contribution in [1.29, 1.82) is 0 Å². The van der Waals surface area contributed by atoms with Gasteiger partial charge in [-0.05, 0) is 36.1 Å². The van der Waals surface area contributed by atoms with Crippen molar-refractivity contribution in [2.24, 2.45) is 5.92 Å². The number of benzene rings is 1. The molecule has 3 atom stereocenters. The van der Waals surface area contributed by atoms with Gasteiger partial charge in [-0.3, -0.25) is 4.79 Å². The molecule has 0 aromatic heterocycles. The molecular formula is C15H15F2NO3S. The topological polar surface area (TPSA) is 66.4 Å². The third kappa shape index (κ3) is 2.69. The highest BCUT2D eigenvalue weighted by Crippen LogP contribution is 2.49. The Morgan fingerprint density at radius 1 is 1.36 bits per heavy atom. The van der Waals surface area contributed by atoms with Crippen molar-refractivity contribution in [1.82, 2.24) is 5.32 Å². The van der Waals surface area contributed by atoms with E-state index in [-0.39, 0.29) is 11.8 Å². The maximum atomic E-state index is 13.7. The standard InChI is InChI=1S/C15H15F2NO3S/c16-8-1-2-9(12(17)5-8)10-6-11(10)13(19)18-15(14(20)21)3-4-22-7-15/h1-2,5,10-11H,3-4,6-7H2,(H,18,19)(H,20,21). The van der Waals surface area contributed by atoms with Gasteiger partial charge >= 0.3 is 5.97 Å². The molecule has 0 spiro atoms. The second kappa shape index (κ2) is 5.53. The van der Waals surface area contributed by atoms with Crippen molar-refractivity contribution in [3.63, 3.8) is 0 Å². The van der Waals surface area contributed by atoms with Gasteiger partial charge in [0.25, 0.3) is 0 Å². The minimum atomic E-state index is -1.21. The van der Waals surface area contributed by atoms with Crippen LogP contribution in [0.2, 0.25) is 0 Å². The van der Waals surface area contributed by atoms with Crippen LogP contribution >= 0.6 is 11.8 Å². The molecule has 1 amide bonds. The fourth-order valence-electron chi connectivity index (χ4n) is 2.84. The summed E-state index contributed by atoms with van der Waals surface area (Å²) in [5, 5.41) is 12.0. The van der Waals surface area contributed by atoms with Crippen LogP contribution in [-0.2, 0) is 9.59 Å². The highest BCUT2D eigenvalue weighted by atomic mass is 32.2. The Morgan fingerprint density at radius 3 is 2.73 bits per heavy atom. The highest BCUT2D eigenvalue weighted by Gasteiger charge is 2.50. The number of hydrogen-bond acceptors (Lipinski definition) is 3. The van der Waals surface area contributed by atoms with Crippen LogP contribution < -0.4 is 5.32 Å². The minimum absolute atomic E-state index is 0.305. The lowest BCUT2D eigenvalue weighted by Crippen LogP contribution is -2.55. The zero-order valence-electron chi connectivity index (χ0n) is 11.6. The smallest absolute Gasteiger partial charge is 0.330 e. The summed E-state index contributed by atoms with van der Waals surface area (Å²) in [6.45, 7) is 0. The summed E-state index contributed by atoms with van der Waals surface area (Å²) >= 11 is 1.49. The molecule has 1 aliphatic heterocycles. The maximum Gasteiger partial charge on any atom is 0.330 e. The molecule has 3 unspecified atom stereocenters. The number of amides is 1. The lowest BCUT2D eigenvalue weighted by molar-refractivity contribution is -0.146. The number of halogens is 2. The number of rotatable bonds is 4. The summed E-state index contributed by atoms with van der Waals surface area (Å²) in [5.41, 5.74) is -0.900. The first-order valence-corrected chi connectivity index (χ1v) is 8.16. The average molecular weight is 327 g/mol. The zero-order chi connectivity index (χ0) is 15.9. The predicted octanol–water partition coefficient (Wildman–Crippen LogP) is 2.14. The number of carbonyl (C=O) groups excluding carboxylic acids is 1. The van der Waals surface area contributed by atoms with Crippen molar-refractivity contribution in [3.05, 3.63) is 35.4 Å². The van der Waals surface area contributed by atoms with E-state index in [2.05, 4.69) is 5.32 Å². The van der Waals surface area contributed by atoms with Crippen LogP contribution in [0.3, 0.4) is 0 Å². The summed E-state index contributed by atoms with van der Waals surface area (Å²) in [7, 11) is 0. The second-order valence-electron chi connectivity index (χ2n) is 5.79. The minimum Gasteiger partial charge on any atom is -0.479 e. The van der Waals surface area contributed by atoms with Gasteiger partial charge < -0.3 is 10.4 Å². The molecule has 1 aliphatic carbocycles. The number of nitrogens with one attached hydrogen (secondary N) is 1. The number of carboxylic acids is 1. The lowest BCUT2D eigenvalue weighted by Gasteiger charge is -2.24. The first-order chi connectivity index (χ1) is 10.4. The number of hydrogen-bond donors (Lipinski definition) is 2. The van der Waals surface area contributed by atoms with Gasteiger partial charge in [-0.1, -0.05) is 6.07 Å². The molecule has 22 heavy (non-hydrogen) atoms. The number of carboxylic acid groups (broad SMARTS) is 1. The van der Waals surface area contributed by atoms with Gasteiger partial charge in [-0.2, -0.15) is 11.8 Å². The van der Waals surface area contributed by atoms with Crippen molar-refractivity contribution < 1.29 is 23.5 Å².